The van der Waals surface area contributed by atoms with Gasteiger partial charge in [-0.05, 0) is 81.9 Å². The van der Waals surface area contributed by atoms with E-state index in [1.807, 2.05) is 121 Å². The van der Waals surface area contributed by atoms with Gasteiger partial charge in [-0.2, -0.15) is 0 Å². The molecule has 53 heavy (non-hydrogen) atoms. The Morgan fingerprint density at radius 3 is 1.08 bits per heavy atom. The summed E-state index contributed by atoms with van der Waals surface area (Å²) in [5.41, 5.74) is 13.6. The first kappa shape index (κ1) is 33.0. The molecule has 8 rings (SSSR count). The maximum absolute atomic E-state index is 11.4. The van der Waals surface area contributed by atoms with E-state index in [2.05, 4.69) is 15.0 Å². The van der Waals surface area contributed by atoms with Crippen molar-refractivity contribution in [1.82, 2.24) is 19.9 Å². The molecule has 5 heterocycles. The third-order valence-corrected chi connectivity index (χ3v) is 9.37. The van der Waals surface area contributed by atoms with E-state index in [1.54, 1.807) is 0 Å². The molecule has 0 aliphatic carbocycles. The number of H-pyrrole nitrogens is 3. The minimum Gasteiger partial charge on any atom is -0.481 e. The van der Waals surface area contributed by atoms with Crippen molar-refractivity contribution in [3.63, 3.8) is 0 Å². The van der Waals surface area contributed by atoms with Crippen LogP contribution in [0.5, 0.6) is 0 Å². The Kier molecular flexibility index (Phi) is 8.40. The fourth-order valence-corrected chi connectivity index (χ4v) is 6.96. The molecule has 0 saturated carbocycles. The molecule has 1 aliphatic rings. The van der Waals surface area contributed by atoms with Gasteiger partial charge in [-0.25, -0.2) is 4.98 Å². The number of benzene rings is 3. The highest BCUT2D eigenvalue weighted by molar-refractivity contribution is 6.00. The van der Waals surface area contributed by atoms with Gasteiger partial charge in [0.2, 0.25) is 0 Å². The zero-order valence-corrected chi connectivity index (χ0v) is 28.2. The lowest BCUT2D eigenvalue weighted by atomic mass is 10.0. The maximum atomic E-state index is 11.4. The molecule has 1 aliphatic heterocycles. The predicted molar refractivity (Wildman–Crippen MR) is 206 cm³/mol. The van der Waals surface area contributed by atoms with Crippen molar-refractivity contribution in [1.29, 1.82) is 0 Å². The second-order valence-corrected chi connectivity index (χ2v) is 13.0. The van der Waals surface area contributed by atoms with Crippen molar-refractivity contribution >= 4 is 63.2 Å². The zero-order valence-electron chi connectivity index (χ0n) is 28.2. The summed E-state index contributed by atoms with van der Waals surface area (Å²) in [7, 11) is 0. The van der Waals surface area contributed by atoms with Crippen molar-refractivity contribution in [2.24, 2.45) is 0 Å². The van der Waals surface area contributed by atoms with E-state index in [-0.39, 0.29) is 19.3 Å². The summed E-state index contributed by atoms with van der Waals surface area (Å²) in [4.78, 5) is 50.2. The molecule has 10 nitrogen and oxygen atoms in total. The van der Waals surface area contributed by atoms with Gasteiger partial charge in [0.15, 0.2) is 0 Å². The van der Waals surface area contributed by atoms with E-state index < -0.39 is 17.9 Å². The van der Waals surface area contributed by atoms with Crippen molar-refractivity contribution in [3.8, 4) is 33.4 Å². The Morgan fingerprint density at radius 1 is 0.396 bits per heavy atom. The minimum atomic E-state index is -0.905. The van der Waals surface area contributed by atoms with Crippen LogP contribution >= 0.6 is 0 Å². The molecule has 260 valence electrons. The van der Waals surface area contributed by atoms with Crippen LogP contribution in [-0.2, 0) is 33.6 Å². The van der Waals surface area contributed by atoms with E-state index in [4.69, 9.17) is 4.98 Å². The summed E-state index contributed by atoms with van der Waals surface area (Å²) in [6, 6.07) is 34.5. The largest absolute Gasteiger partial charge is 0.481 e. The normalized spacial score (nSPS) is 11.6. The molecule has 0 atom stereocenters. The van der Waals surface area contributed by atoms with Gasteiger partial charge in [-0.1, -0.05) is 72.8 Å². The van der Waals surface area contributed by atoms with Crippen LogP contribution < -0.4 is 0 Å². The molecular formula is C43H32N4O6. The molecule has 7 aromatic rings. The summed E-state index contributed by atoms with van der Waals surface area (Å²) in [5.74, 6) is -2.70. The number of carboxylic acids is 3. The molecule has 0 saturated heterocycles. The average Bonchev–Trinajstić information content (AvgIpc) is 3.96. The van der Waals surface area contributed by atoms with Gasteiger partial charge >= 0.3 is 17.9 Å². The van der Waals surface area contributed by atoms with E-state index in [9.17, 15) is 29.7 Å². The molecule has 0 fully saturated rings. The van der Waals surface area contributed by atoms with Crippen LogP contribution in [0.1, 0.15) is 28.1 Å². The number of carbonyl (C=O) groups is 3. The van der Waals surface area contributed by atoms with Crippen LogP contribution in [0.15, 0.2) is 109 Å². The third-order valence-electron chi connectivity index (χ3n) is 9.37. The van der Waals surface area contributed by atoms with Crippen LogP contribution in [-0.4, -0.2) is 53.2 Å². The molecular weight excluding hydrogens is 668 g/mol. The molecule has 0 unspecified atom stereocenters. The van der Waals surface area contributed by atoms with Crippen LogP contribution in [0.2, 0.25) is 0 Å². The second-order valence-electron chi connectivity index (χ2n) is 13.0. The Bertz CT molecular complexity index is 2720. The van der Waals surface area contributed by atoms with Crippen molar-refractivity contribution in [2.75, 3.05) is 0 Å². The summed E-state index contributed by atoms with van der Waals surface area (Å²) in [6.45, 7) is 0. The zero-order chi connectivity index (χ0) is 36.6. The third kappa shape index (κ3) is 6.68. The first-order valence-corrected chi connectivity index (χ1v) is 17.0. The van der Waals surface area contributed by atoms with Crippen LogP contribution in [0.4, 0.5) is 0 Å². The van der Waals surface area contributed by atoms with Gasteiger partial charge in [0, 0.05) is 44.3 Å². The Labute approximate surface area is 302 Å². The van der Waals surface area contributed by atoms with Gasteiger partial charge in [0.25, 0.3) is 0 Å². The van der Waals surface area contributed by atoms with Gasteiger partial charge in [-0.3, -0.25) is 14.4 Å². The second kappa shape index (κ2) is 13.5. The lowest BCUT2D eigenvalue weighted by Gasteiger charge is -2.07. The SMILES string of the molecule is O=C(O)Cc1ccc(-c2c3nc(c4ccc([nH]4)c(-c4ccc(CC(=O)O)cc4)c4ccc([nH]4)c(-c4ccc(CC(=O)O)cc4)c4ccc2[nH]4)C=C3)cc1. The predicted octanol–water partition coefficient (Wildman–Crippen LogP) is 8.58. The van der Waals surface area contributed by atoms with Crippen LogP contribution in [0, 0.1) is 0 Å². The lowest BCUT2D eigenvalue weighted by Crippen LogP contribution is -1.99. The standard InChI is InChI=1S/C43H32N4O6/c48-38(49)21-24-1-7-27(8-2-24)41-32-15-13-30(44-32)31-14-16-33(45-31)42(28-9-3-25(4-10-28)22-39(50)51)35-18-20-37(47-35)43(36-19-17-34(41)46-36)29-11-5-26(6-12-29)23-40(52)53/h1-20,44,46-47H,21-23H2,(H,48,49)(H,50,51)(H,52,53). The number of fused-ring (bicyclic) bond motifs is 9. The first-order valence-electron chi connectivity index (χ1n) is 17.0. The van der Waals surface area contributed by atoms with E-state index >= 15 is 0 Å². The quantitative estimate of drug-likeness (QED) is 0.0875. The molecule has 0 radical (unpaired) electrons. The van der Waals surface area contributed by atoms with Gasteiger partial charge < -0.3 is 30.3 Å². The molecule has 6 N–H and O–H groups in total. The van der Waals surface area contributed by atoms with E-state index in [1.165, 1.54) is 0 Å². The van der Waals surface area contributed by atoms with Crippen LogP contribution in [0.25, 0.3) is 78.6 Å². The number of nitrogens with one attached hydrogen (secondary N) is 3. The number of nitrogens with zero attached hydrogens (tertiary/aromatic N) is 1. The van der Waals surface area contributed by atoms with E-state index in [0.29, 0.717) is 16.7 Å². The van der Waals surface area contributed by atoms with Crippen LogP contribution in [0.3, 0.4) is 0 Å². The lowest BCUT2D eigenvalue weighted by molar-refractivity contribution is -0.137. The summed E-state index contributed by atoms with van der Waals surface area (Å²) in [5, 5.41) is 28.1. The monoisotopic (exact) mass is 700 g/mol. The number of rotatable bonds is 9. The molecule has 4 aromatic heterocycles. The summed E-state index contributed by atoms with van der Waals surface area (Å²) >= 11 is 0. The van der Waals surface area contributed by atoms with Gasteiger partial charge in [0.1, 0.15) is 0 Å². The van der Waals surface area contributed by atoms with Gasteiger partial charge in [-0.15, -0.1) is 0 Å². The Balaban J connectivity index is 1.44. The highest BCUT2D eigenvalue weighted by Gasteiger charge is 2.16. The molecule has 3 aromatic carbocycles. The van der Waals surface area contributed by atoms with Crippen molar-refractivity contribution in [2.45, 2.75) is 19.3 Å². The Hall–Kier alpha value is -7.20. The van der Waals surface area contributed by atoms with Crippen molar-refractivity contribution < 1.29 is 29.7 Å². The number of aromatic amines is 3. The highest BCUT2D eigenvalue weighted by Crippen LogP contribution is 2.36. The number of hydrogen-bond acceptors (Lipinski definition) is 4. The fourth-order valence-electron chi connectivity index (χ4n) is 6.96. The number of hydrogen-bond donors (Lipinski definition) is 6. The summed E-state index contributed by atoms with van der Waals surface area (Å²) in [6.07, 6.45) is 3.69. The minimum absolute atomic E-state index is 0.0763. The van der Waals surface area contributed by atoms with Crippen molar-refractivity contribution in [3.05, 3.63) is 137 Å². The number of aliphatic carboxylic acids is 3. The first-order chi connectivity index (χ1) is 25.7. The van der Waals surface area contributed by atoms with E-state index in [0.717, 1.165) is 77.9 Å². The molecule has 0 spiro atoms. The smallest absolute Gasteiger partial charge is 0.307 e. The topological polar surface area (TPSA) is 172 Å². The molecule has 8 bridgehead atoms. The van der Waals surface area contributed by atoms with Gasteiger partial charge in [0.05, 0.1) is 36.2 Å². The number of carboxylic acid groups (broad SMARTS) is 3. The molecule has 0 amide bonds. The summed E-state index contributed by atoms with van der Waals surface area (Å²) < 4.78 is 0. The maximum Gasteiger partial charge on any atom is 0.307 e. The average molecular weight is 701 g/mol. The molecule has 10 heteroatoms. The fraction of sp³-hybridized carbons (Fsp3) is 0.0698. The Morgan fingerprint density at radius 2 is 0.698 bits per heavy atom. The highest BCUT2D eigenvalue weighted by atomic mass is 16.4. The number of aromatic nitrogens is 4.